The van der Waals surface area contributed by atoms with Crippen molar-refractivity contribution in [2.45, 2.75) is 13.3 Å². The summed E-state index contributed by atoms with van der Waals surface area (Å²) in [5.41, 5.74) is 2.55. The minimum atomic E-state index is 0.0510. The zero-order valence-electron chi connectivity index (χ0n) is 10.0. The summed E-state index contributed by atoms with van der Waals surface area (Å²) in [7, 11) is 1.59. The highest BCUT2D eigenvalue weighted by atomic mass is 16.5. The van der Waals surface area contributed by atoms with Gasteiger partial charge in [0, 0.05) is 22.2 Å². The smallest absolute Gasteiger partial charge is 0.193 e. The molecule has 17 heavy (non-hydrogen) atoms. The number of H-pyrrole nitrogens is 1. The van der Waals surface area contributed by atoms with Crippen LogP contribution in [-0.4, -0.2) is 12.1 Å². The Morgan fingerprint density at radius 2 is 2.24 bits per heavy atom. The number of pyridine rings is 1. The van der Waals surface area contributed by atoms with Gasteiger partial charge in [-0.2, -0.15) is 0 Å². The summed E-state index contributed by atoms with van der Waals surface area (Å²) in [6, 6.07) is 5.46. The van der Waals surface area contributed by atoms with Crippen molar-refractivity contribution >= 4 is 10.9 Å². The van der Waals surface area contributed by atoms with Crippen molar-refractivity contribution < 1.29 is 4.74 Å². The number of aromatic nitrogens is 1. The van der Waals surface area contributed by atoms with Crippen LogP contribution in [0.25, 0.3) is 10.9 Å². The molecule has 1 aromatic heterocycles. The fourth-order valence-corrected chi connectivity index (χ4v) is 1.95. The minimum Gasteiger partial charge on any atom is -0.497 e. The van der Waals surface area contributed by atoms with Crippen LogP contribution in [0.2, 0.25) is 0 Å². The second-order valence-electron chi connectivity index (χ2n) is 3.96. The van der Waals surface area contributed by atoms with Crippen molar-refractivity contribution in [2.24, 2.45) is 0 Å². The van der Waals surface area contributed by atoms with Crippen LogP contribution in [0.4, 0.5) is 0 Å². The summed E-state index contributed by atoms with van der Waals surface area (Å²) in [5, 5.41) is 0.659. The third kappa shape index (κ3) is 1.96. The van der Waals surface area contributed by atoms with E-state index in [2.05, 4.69) is 11.6 Å². The van der Waals surface area contributed by atoms with E-state index in [0.29, 0.717) is 17.6 Å². The number of ether oxygens (including phenoxy) is 1. The standard InChI is InChI=1S/C14H15NO2/c1-4-5-11-9(2)15-13-7-6-10(17-3)8-12(13)14(11)16/h4,6-8H,1,5H2,2-3H3,(H,15,16). The van der Waals surface area contributed by atoms with Gasteiger partial charge in [0.2, 0.25) is 0 Å². The predicted molar refractivity (Wildman–Crippen MR) is 69.8 cm³/mol. The molecule has 0 bridgehead atoms. The number of benzene rings is 1. The fourth-order valence-electron chi connectivity index (χ4n) is 1.95. The molecule has 3 nitrogen and oxygen atoms in total. The Balaban J connectivity index is 2.78. The summed E-state index contributed by atoms with van der Waals surface area (Å²) in [6.45, 7) is 5.58. The molecule has 0 saturated heterocycles. The number of nitrogens with one attached hydrogen (secondary N) is 1. The Morgan fingerprint density at radius 1 is 1.47 bits per heavy atom. The van der Waals surface area contributed by atoms with E-state index in [-0.39, 0.29) is 5.43 Å². The van der Waals surface area contributed by atoms with Crippen LogP contribution >= 0.6 is 0 Å². The molecule has 1 N–H and O–H groups in total. The number of hydrogen-bond donors (Lipinski definition) is 1. The Bertz CT molecular complexity index is 626. The van der Waals surface area contributed by atoms with Gasteiger partial charge in [0.05, 0.1) is 7.11 Å². The van der Waals surface area contributed by atoms with Crippen LogP contribution in [0.15, 0.2) is 35.6 Å². The lowest BCUT2D eigenvalue weighted by Gasteiger charge is -2.07. The third-order valence-corrected chi connectivity index (χ3v) is 2.87. The lowest BCUT2D eigenvalue weighted by Crippen LogP contribution is -2.12. The maximum absolute atomic E-state index is 12.3. The third-order valence-electron chi connectivity index (χ3n) is 2.87. The van der Waals surface area contributed by atoms with Crippen molar-refractivity contribution in [1.29, 1.82) is 0 Å². The first-order valence-corrected chi connectivity index (χ1v) is 5.47. The Kier molecular flexibility index (Phi) is 3.00. The summed E-state index contributed by atoms with van der Waals surface area (Å²) in [6.07, 6.45) is 2.32. The predicted octanol–water partition coefficient (Wildman–Crippen LogP) is 2.57. The van der Waals surface area contributed by atoms with Crippen LogP contribution in [0.5, 0.6) is 5.75 Å². The summed E-state index contributed by atoms with van der Waals surface area (Å²) >= 11 is 0. The molecule has 1 aromatic carbocycles. The summed E-state index contributed by atoms with van der Waals surface area (Å²) in [4.78, 5) is 15.5. The number of aryl methyl sites for hydroxylation is 1. The van der Waals surface area contributed by atoms with Crippen molar-refractivity contribution in [3.63, 3.8) is 0 Å². The second kappa shape index (κ2) is 4.45. The Labute approximate surface area is 99.7 Å². The maximum Gasteiger partial charge on any atom is 0.193 e. The molecule has 0 aliphatic carbocycles. The molecule has 1 heterocycles. The summed E-state index contributed by atoms with van der Waals surface area (Å²) in [5.74, 6) is 0.691. The molecule has 0 aliphatic rings. The van der Waals surface area contributed by atoms with E-state index >= 15 is 0 Å². The largest absolute Gasteiger partial charge is 0.497 e. The average Bonchev–Trinajstić information content (AvgIpc) is 2.34. The topological polar surface area (TPSA) is 42.1 Å². The second-order valence-corrected chi connectivity index (χ2v) is 3.96. The Morgan fingerprint density at radius 3 is 2.88 bits per heavy atom. The van der Waals surface area contributed by atoms with Crippen molar-refractivity contribution in [3.05, 3.63) is 52.3 Å². The lowest BCUT2D eigenvalue weighted by molar-refractivity contribution is 0.415. The first-order valence-electron chi connectivity index (χ1n) is 5.47. The monoisotopic (exact) mass is 229 g/mol. The van der Waals surface area contributed by atoms with E-state index in [1.54, 1.807) is 19.3 Å². The number of aromatic amines is 1. The van der Waals surface area contributed by atoms with Crippen LogP contribution in [0, 0.1) is 6.92 Å². The molecule has 2 aromatic rings. The molecule has 2 rings (SSSR count). The fraction of sp³-hybridized carbons (Fsp3) is 0.214. The molecule has 3 heteroatoms. The molecular formula is C14H15NO2. The number of allylic oxidation sites excluding steroid dienone is 1. The molecule has 0 atom stereocenters. The molecule has 88 valence electrons. The van der Waals surface area contributed by atoms with Gasteiger partial charge in [-0.1, -0.05) is 6.08 Å². The van der Waals surface area contributed by atoms with Crippen molar-refractivity contribution in [3.8, 4) is 5.75 Å². The number of hydrogen-bond acceptors (Lipinski definition) is 2. The summed E-state index contributed by atoms with van der Waals surface area (Å²) < 4.78 is 5.13. The van der Waals surface area contributed by atoms with Gasteiger partial charge in [0.1, 0.15) is 5.75 Å². The van der Waals surface area contributed by atoms with Crippen molar-refractivity contribution in [1.82, 2.24) is 4.98 Å². The SMILES string of the molecule is C=CCc1c(C)[nH]c2ccc(OC)cc2c1=O. The van der Waals surface area contributed by atoms with Crippen molar-refractivity contribution in [2.75, 3.05) is 7.11 Å². The minimum absolute atomic E-state index is 0.0510. The molecule has 0 saturated carbocycles. The van der Waals surface area contributed by atoms with Gasteiger partial charge in [-0.3, -0.25) is 4.79 Å². The molecule has 0 radical (unpaired) electrons. The highest BCUT2D eigenvalue weighted by molar-refractivity contribution is 5.81. The molecule has 0 aliphatic heterocycles. The number of methoxy groups -OCH3 is 1. The molecule has 0 unspecified atom stereocenters. The zero-order chi connectivity index (χ0) is 12.4. The lowest BCUT2D eigenvalue weighted by atomic mass is 10.1. The first kappa shape index (κ1) is 11.5. The number of rotatable bonds is 3. The van der Waals surface area contributed by atoms with Gasteiger partial charge in [-0.25, -0.2) is 0 Å². The van der Waals surface area contributed by atoms with E-state index in [9.17, 15) is 4.79 Å². The quantitative estimate of drug-likeness (QED) is 0.822. The zero-order valence-corrected chi connectivity index (χ0v) is 10.0. The normalized spacial score (nSPS) is 10.5. The van der Waals surface area contributed by atoms with Gasteiger partial charge in [0.25, 0.3) is 0 Å². The number of fused-ring (bicyclic) bond motifs is 1. The molecular weight excluding hydrogens is 214 g/mol. The van der Waals surface area contributed by atoms with Gasteiger partial charge >= 0.3 is 0 Å². The van der Waals surface area contributed by atoms with Crippen LogP contribution in [0.3, 0.4) is 0 Å². The van der Waals surface area contributed by atoms with E-state index in [4.69, 9.17) is 4.74 Å². The Hall–Kier alpha value is -2.03. The van der Waals surface area contributed by atoms with Crippen LogP contribution < -0.4 is 10.2 Å². The van der Waals surface area contributed by atoms with E-state index < -0.39 is 0 Å². The van der Waals surface area contributed by atoms with Crippen LogP contribution in [0.1, 0.15) is 11.3 Å². The van der Waals surface area contributed by atoms with Gasteiger partial charge in [-0.05, 0) is 31.5 Å². The van der Waals surface area contributed by atoms with Gasteiger partial charge in [-0.15, -0.1) is 6.58 Å². The molecule has 0 amide bonds. The van der Waals surface area contributed by atoms with E-state index in [0.717, 1.165) is 16.8 Å². The van der Waals surface area contributed by atoms with Gasteiger partial charge < -0.3 is 9.72 Å². The average molecular weight is 229 g/mol. The maximum atomic E-state index is 12.3. The molecule has 0 fully saturated rings. The van der Waals surface area contributed by atoms with E-state index in [1.807, 2.05) is 19.1 Å². The van der Waals surface area contributed by atoms with Crippen LogP contribution in [-0.2, 0) is 6.42 Å². The highest BCUT2D eigenvalue weighted by Gasteiger charge is 2.08. The van der Waals surface area contributed by atoms with E-state index in [1.165, 1.54) is 0 Å². The molecule has 0 spiro atoms. The first-order chi connectivity index (χ1) is 8.17. The van der Waals surface area contributed by atoms with Gasteiger partial charge in [0.15, 0.2) is 5.43 Å². The highest BCUT2D eigenvalue weighted by Crippen LogP contribution is 2.18.